The van der Waals surface area contributed by atoms with Crippen LogP contribution in [0.1, 0.15) is 19.3 Å². The van der Waals surface area contributed by atoms with Gasteiger partial charge in [0.05, 0.1) is 6.54 Å². The van der Waals surface area contributed by atoms with Crippen molar-refractivity contribution in [1.29, 1.82) is 0 Å². The number of nitrogens with zero attached hydrogens (tertiary/aromatic N) is 1. The summed E-state index contributed by atoms with van der Waals surface area (Å²) >= 11 is 0. The number of nitrogens with two attached hydrogens (primary N) is 1. The van der Waals surface area contributed by atoms with Crippen LogP contribution in [0.25, 0.3) is 0 Å². The molecule has 0 aromatic heterocycles. The fraction of sp³-hybridized carbons (Fsp3) is 0.545. The molecule has 1 rings (SSSR count). The van der Waals surface area contributed by atoms with E-state index in [1.807, 2.05) is 0 Å². The van der Waals surface area contributed by atoms with E-state index in [1.165, 1.54) is 17.1 Å². The maximum atomic E-state index is 11.2. The SMILES string of the molecule is NCC(=O)NCCCCCN1C(=O)C=CC1=O. The first kappa shape index (κ1) is 13.4. The number of nitrogens with one attached hydrogen (secondary N) is 1. The number of rotatable bonds is 7. The van der Waals surface area contributed by atoms with Crippen molar-refractivity contribution >= 4 is 17.7 Å². The topological polar surface area (TPSA) is 92.5 Å². The number of hydrogen-bond acceptors (Lipinski definition) is 4. The number of imide groups is 1. The average Bonchev–Trinajstić information content (AvgIpc) is 2.64. The van der Waals surface area contributed by atoms with Gasteiger partial charge in [0.2, 0.25) is 5.91 Å². The summed E-state index contributed by atoms with van der Waals surface area (Å²) in [6.07, 6.45) is 4.97. The number of hydrogen-bond donors (Lipinski definition) is 2. The largest absolute Gasteiger partial charge is 0.355 e. The highest BCUT2D eigenvalue weighted by Gasteiger charge is 2.21. The van der Waals surface area contributed by atoms with Crippen LogP contribution in [0.2, 0.25) is 0 Å². The number of carbonyl (C=O) groups is 3. The maximum absolute atomic E-state index is 11.2. The van der Waals surface area contributed by atoms with E-state index in [1.54, 1.807) is 0 Å². The minimum atomic E-state index is -0.244. The molecule has 0 aromatic rings. The molecule has 0 radical (unpaired) electrons. The van der Waals surface area contributed by atoms with E-state index in [9.17, 15) is 14.4 Å². The number of carbonyl (C=O) groups excluding carboxylic acids is 3. The molecule has 0 saturated carbocycles. The highest BCUT2D eigenvalue weighted by molar-refractivity contribution is 6.12. The highest BCUT2D eigenvalue weighted by atomic mass is 16.2. The summed E-state index contributed by atoms with van der Waals surface area (Å²) in [6, 6.07) is 0. The standard InChI is InChI=1S/C11H17N3O3/c12-8-9(15)13-6-2-1-3-7-14-10(16)4-5-11(14)17/h4-5H,1-3,6-8,12H2,(H,13,15). The Morgan fingerprint density at radius 1 is 1.18 bits per heavy atom. The van der Waals surface area contributed by atoms with Gasteiger partial charge in [0, 0.05) is 25.2 Å². The Hall–Kier alpha value is -1.69. The van der Waals surface area contributed by atoms with E-state index in [4.69, 9.17) is 5.73 Å². The molecule has 1 aliphatic rings. The second-order valence-corrected chi connectivity index (χ2v) is 3.78. The first-order valence-corrected chi connectivity index (χ1v) is 5.65. The molecule has 0 aliphatic carbocycles. The zero-order valence-corrected chi connectivity index (χ0v) is 9.65. The smallest absolute Gasteiger partial charge is 0.253 e. The summed E-state index contributed by atoms with van der Waals surface area (Å²) in [5, 5.41) is 2.65. The highest BCUT2D eigenvalue weighted by Crippen LogP contribution is 2.06. The zero-order valence-electron chi connectivity index (χ0n) is 9.65. The van der Waals surface area contributed by atoms with Gasteiger partial charge in [-0.05, 0) is 19.3 Å². The van der Waals surface area contributed by atoms with Crippen LogP contribution in [0, 0.1) is 0 Å². The molecule has 0 fully saturated rings. The van der Waals surface area contributed by atoms with E-state index in [2.05, 4.69) is 5.32 Å². The lowest BCUT2D eigenvalue weighted by molar-refractivity contribution is -0.136. The molecular formula is C11H17N3O3. The van der Waals surface area contributed by atoms with Crippen molar-refractivity contribution in [3.63, 3.8) is 0 Å². The molecule has 0 spiro atoms. The van der Waals surface area contributed by atoms with Crippen LogP contribution >= 0.6 is 0 Å². The van der Waals surface area contributed by atoms with E-state index >= 15 is 0 Å². The summed E-state index contributed by atoms with van der Waals surface area (Å²) in [6.45, 7) is 1.02. The summed E-state index contributed by atoms with van der Waals surface area (Å²) < 4.78 is 0. The van der Waals surface area contributed by atoms with Crippen LogP contribution in [-0.4, -0.2) is 42.3 Å². The molecule has 0 bridgehead atoms. The van der Waals surface area contributed by atoms with Gasteiger partial charge in [-0.1, -0.05) is 0 Å². The molecule has 94 valence electrons. The first-order valence-electron chi connectivity index (χ1n) is 5.65. The van der Waals surface area contributed by atoms with Gasteiger partial charge >= 0.3 is 0 Å². The van der Waals surface area contributed by atoms with Gasteiger partial charge in [-0.15, -0.1) is 0 Å². The lowest BCUT2D eigenvalue weighted by Crippen LogP contribution is -2.32. The summed E-state index contributed by atoms with van der Waals surface area (Å²) in [4.78, 5) is 34.4. The molecular weight excluding hydrogens is 222 g/mol. The molecule has 3 amide bonds. The Morgan fingerprint density at radius 2 is 1.82 bits per heavy atom. The van der Waals surface area contributed by atoms with Crippen molar-refractivity contribution in [3.05, 3.63) is 12.2 Å². The van der Waals surface area contributed by atoms with Gasteiger partial charge in [-0.25, -0.2) is 0 Å². The van der Waals surface area contributed by atoms with Gasteiger partial charge in [-0.3, -0.25) is 19.3 Å². The second-order valence-electron chi connectivity index (χ2n) is 3.78. The molecule has 0 aromatic carbocycles. The lowest BCUT2D eigenvalue weighted by atomic mass is 10.2. The Labute approximate surface area is 99.8 Å². The van der Waals surface area contributed by atoms with Crippen LogP contribution < -0.4 is 11.1 Å². The molecule has 0 unspecified atom stereocenters. The fourth-order valence-corrected chi connectivity index (χ4v) is 1.52. The quantitative estimate of drug-likeness (QED) is 0.447. The molecule has 3 N–H and O–H groups in total. The number of amides is 3. The van der Waals surface area contributed by atoms with Crippen molar-refractivity contribution in [2.75, 3.05) is 19.6 Å². The second kappa shape index (κ2) is 6.80. The Kier molecular flexibility index (Phi) is 5.35. The third-order valence-corrected chi connectivity index (χ3v) is 2.47. The summed E-state index contributed by atoms with van der Waals surface area (Å²) in [5.74, 6) is -0.656. The van der Waals surface area contributed by atoms with E-state index in [0.717, 1.165) is 19.3 Å². The monoisotopic (exact) mass is 239 g/mol. The van der Waals surface area contributed by atoms with Crippen LogP contribution in [0.3, 0.4) is 0 Å². The average molecular weight is 239 g/mol. The minimum absolute atomic E-state index is 0.00243. The van der Waals surface area contributed by atoms with Crippen molar-refractivity contribution in [3.8, 4) is 0 Å². The van der Waals surface area contributed by atoms with E-state index in [-0.39, 0.29) is 24.3 Å². The van der Waals surface area contributed by atoms with Crippen LogP contribution in [0.5, 0.6) is 0 Å². The van der Waals surface area contributed by atoms with Crippen LogP contribution in [-0.2, 0) is 14.4 Å². The Bertz CT molecular complexity index is 321. The molecule has 17 heavy (non-hydrogen) atoms. The van der Waals surface area contributed by atoms with Crippen molar-refractivity contribution in [2.24, 2.45) is 5.73 Å². The number of unbranched alkanes of at least 4 members (excludes halogenated alkanes) is 2. The zero-order chi connectivity index (χ0) is 12.7. The Morgan fingerprint density at radius 3 is 2.41 bits per heavy atom. The van der Waals surface area contributed by atoms with E-state index in [0.29, 0.717) is 13.1 Å². The molecule has 1 heterocycles. The fourth-order valence-electron chi connectivity index (χ4n) is 1.52. The third kappa shape index (κ3) is 4.36. The van der Waals surface area contributed by atoms with Crippen LogP contribution in [0.15, 0.2) is 12.2 Å². The molecule has 1 aliphatic heterocycles. The maximum Gasteiger partial charge on any atom is 0.253 e. The predicted octanol–water partition coefficient (Wildman–Crippen LogP) is -0.843. The third-order valence-electron chi connectivity index (χ3n) is 2.47. The molecule has 6 heteroatoms. The molecule has 0 saturated heterocycles. The lowest BCUT2D eigenvalue weighted by Gasteiger charge is -2.13. The summed E-state index contributed by atoms with van der Waals surface area (Å²) in [7, 11) is 0. The van der Waals surface area contributed by atoms with Crippen molar-refractivity contribution in [1.82, 2.24) is 10.2 Å². The van der Waals surface area contributed by atoms with Gasteiger partial charge in [0.15, 0.2) is 0 Å². The van der Waals surface area contributed by atoms with Crippen molar-refractivity contribution in [2.45, 2.75) is 19.3 Å². The van der Waals surface area contributed by atoms with Crippen molar-refractivity contribution < 1.29 is 14.4 Å². The predicted molar refractivity (Wildman–Crippen MR) is 61.8 cm³/mol. The van der Waals surface area contributed by atoms with Gasteiger partial charge in [-0.2, -0.15) is 0 Å². The normalized spacial score (nSPS) is 14.5. The summed E-state index contributed by atoms with van der Waals surface area (Å²) in [5.41, 5.74) is 5.13. The van der Waals surface area contributed by atoms with E-state index < -0.39 is 0 Å². The van der Waals surface area contributed by atoms with Crippen LogP contribution in [0.4, 0.5) is 0 Å². The molecule has 6 nitrogen and oxygen atoms in total. The van der Waals surface area contributed by atoms with Gasteiger partial charge in [0.1, 0.15) is 0 Å². The Balaban J connectivity index is 2.03. The van der Waals surface area contributed by atoms with Gasteiger partial charge < -0.3 is 11.1 Å². The first-order chi connectivity index (χ1) is 8.15. The van der Waals surface area contributed by atoms with Gasteiger partial charge in [0.25, 0.3) is 11.8 Å². The molecule has 0 atom stereocenters. The minimum Gasteiger partial charge on any atom is -0.355 e.